The van der Waals surface area contributed by atoms with Crippen molar-refractivity contribution in [3.63, 3.8) is 0 Å². The first-order valence-electron chi connectivity index (χ1n) is 8.94. The summed E-state index contributed by atoms with van der Waals surface area (Å²) < 4.78 is 7.39. The molecule has 1 saturated carbocycles. The van der Waals surface area contributed by atoms with E-state index in [4.69, 9.17) is 4.74 Å². The third kappa shape index (κ3) is 3.96. The summed E-state index contributed by atoms with van der Waals surface area (Å²) in [5, 5.41) is 3.26. The summed E-state index contributed by atoms with van der Waals surface area (Å²) in [6.07, 6.45) is 6.49. The molecule has 2 heterocycles. The number of nitrogens with one attached hydrogen (secondary N) is 1. The number of pyridine rings is 1. The Morgan fingerprint density at radius 3 is 2.43 bits per heavy atom. The van der Waals surface area contributed by atoms with Crippen LogP contribution in [0.1, 0.15) is 45.6 Å². The van der Waals surface area contributed by atoms with E-state index in [1.165, 1.54) is 12.8 Å². The van der Waals surface area contributed by atoms with E-state index in [-0.39, 0.29) is 11.6 Å². The molecule has 0 atom stereocenters. The Hall–Kier alpha value is -1.33. The van der Waals surface area contributed by atoms with Gasteiger partial charge in [0.25, 0.3) is 5.56 Å². The van der Waals surface area contributed by atoms with Crippen molar-refractivity contribution in [2.75, 3.05) is 31.6 Å². The maximum atomic E-state index is 12.7. The van der Waals surface area contributed by atoms with Crippen LogP contribution >= 0.6 is 0 Å². The normalized spacial score (nSPS) is 26.4. The Balaban J connectivity index is 1.64. The van der Waals surface area contributed by atoms with E-state index < -0.39 is 0 Å². The maximum absolute atomic E-state index is 12.7. The van der Waals surface area contributed by atoms with Crippen molar-refractivity contribution in [2.24, 2.45) is 0 Å². The van der Waals surface area contributed by atoms with Gasteiger partial charge >= 0.3 is 0 Å². The first-order chi connectivity index (χ1) is 11.1. The SMILES string of the molecule is CC(C)Nc1cccn([C@H]2CC[C@@H](N3CCOCC3)CC2)c1=O. The number of hydrogen-bond acceptors (Lipinski definition) is 4. The highest BCUT2D eigenvalue weighted by molar-refractivity contribution is 5.41. The molecule has 0 amide bonds. The molecule has 1 aromatic heterocycles. The lowest BCUT2D eigenvalue weighted by Gasteiger charge is -2.39. The van der Waals surface area contributed by atoms with Crippen LogP contribution in [-0.4, -0.2) is 47.9 Å². The van der Waals surface area contributed by atoms with Crippen molar-refractivity contribution < 1.29 is 4.74 Å². The molecule has 1 saturated heterocycles. The van der Waals surface area contributed by atoms with Gasteiger partial charge in [-0.2, -0.15) is 0 Å². The van der Waals surface area contributed by atoms with Crippen LogP contribution in [0.25, 0.3) is 0 Å². The molecule has 5 nitrogen and oxygen atoms in total. The zero-order valence-corrected chi connectivity index (χ0v) is 14.3. The molecular weight excluding hydrogens is 290 g/mol. The summed E-state index contributed by atoms with van der Waals surface area (Å²) >= 11 is 0. The van der Waals surface area contributed by atoms with Gasteiger partial charge in [0.15, 0.2) is 0 Å². The second-order valence-corrected chi connectivity index (χ2v) is 7.04. The molecule has 1 aliphatic carbocycles. The number of ether oxygens (including phenoxy) is 1. The minimum Gasteiger partial charge on any atom is -0.379 e. The second-order valence-electron chi connectivity index (χ2n) is 7.04. The Labute approximate surface area is 138 Å². The van der Waals surface area contributed by atoms with Crippen LogP contribution in [0.15, 0.2) is 23.1 Å². The topological polar surface area (TPSA) is 46.5 Å². The summed E-state index contributed by atoms with van der Waals surface area (Å²) in [7, 11) is 0. The third-order valence-corrected chi connectivity index (χ3v) is 5.04. The monoisotopic (exact) mass is 319 g/mol. The van der Waals surface area contributed by atoms with Gasteiger partial charge in [-0.3, -0.25) is 9.69 Å². The predicted octanol–water partition coefficient (Wildman–Crippen LogP) is 2.48. The number of anilines is 1. The molecule has 0 spiro atoms. The minimum absolute atomic E-state index is 0.121. The van der Waals surface area contributed by atoms with Crippen LogP contribution in [-0.2, 0) is 4.74 Å². The van der Waals surface area contributed by atoms with E-state index in [2.05, 4.69) is 24.1 Å². The average Bonchev–Trinajstić information content (AvgIpc) is 2.57. The van der Waals surface area contributed by atoms with E-state index in [1.54, 1.807) is 0 Å². The standard InChI is InChI=1S/C18H29N3O2/c1-14(2)19-17-4-3-9-21(18(17)22)16-7-5-15(6-8-16)20-10-12-23-13-11-20/h3-4,9,14-16,19H,5-8,10-13H2,1-2H3/t15-,16+. The van der Waals surface area contributed by atoms with Crippen molar-refractivity contribution in [3.8, 4) is 0 Å². The minimum atomic E-state index is 0.121. The van der Waals surface area contributed by atoms with Crippen molar-refractivity contribution in [1.82, 2.24) is 9.47 Å². The molecule has 1 aromatic rings. The van der Waals surface area contributed by atoms with Gasteiger partial charge in [0.05, 0.1) is 13.2 Å². The number of aromatic nitrogens is 1. The molecule has 0 radical (unpaired) electrons. The Morgan fingerprint density at radius 2 is 1.78 bits per heavy atom. The fourth-order valence-corrected chi connectivity index (χ4v) is 3.86. The fraction of sp³-hybridized carbons (Fsp3) is 0.722. The van der Waals surface area contributed by atoms with Crippen LogP contribution in [0.3, 0.4) is 0 Å². The van der Waals surface area contributed by atoms with Gasteiger partial charge in [-0.05, 0) is 51.7 Å². The molecule has 1 N–H and O–H groups in total. The highest BCUT2D eigenvalue weighted by atomic mass is 16.5. The number of rotatable bonds is 4. The highest BCUT2D eigenvalue weighted by Crippen LogP contribution is 2.30. The molecule has 0 bridgehead atoms. The van der Waals surface area contributed by atoms with Crippen LogP contribution < -0.4 is 10.9 Å². The molecule has 5 heteroatoms. The molecule has 0 unspecified atom stereocenters. The number of morpholine rings is 1. The fourth-order valence-electron chi connectivity index (χ4n) is 3.86. The zero-order chi connectivity index (χ0) is 16.2. The largest absolute Gasteiger partial charge is 0.379 e. The Bertz CT molecular complexity index is 556. The molecular formula is C18H29N3O2. The molecule has 3 rings (SSSR count). The molecule has 128 valence electrons. The van der Waals surface area contributed by atoms with Gasteiger partial charge in [-0.25, -0.2) is 0 Å². The van der Waals surface area contributed by atoms with Crippen LogP contribution in [0.4, 0.5) is 5.69 Å². The quantitative estimate of drug-likeness (QED) is 0.926. The number of nitrogens with zero attached hydrogens (tertiary/aromatic N) is 2. The number of hydrogen-bond donors (Lipinski definition) is 1. The second kappa shape index (κ2) is 7.49. The highest BCUT2D eigenvalue weighted by Gasteiger charge is 2.28. The third-order valence-electron chi connectivity index (χ3n) is 5.04. The van der Waals surface area contributed by atoms with E-state index in [9.17, 15) is 4.79 Å². The van der Waals surface area contributed by atoms with Crippen molar-refractivity contribution >= 4 is 5.69 Å². The van der Waals surface area contributed by atoms with E-state index >= 15 is 0 Å². The summed E-state index contributed by atoms with van der Waals surface area (Å²) in [5.74, 6) is 0. The van der Waals surface area contributed by atoms with Gasteiger partial charge in [0.1, 0.15) is 5.69 Å². The summed E-state index contributed by atoms with van der Waals surface area (Å²) in [6, 6.07) is 5.16. The summed E-state index contributed by atoms with van der Waals surface area (Å²) in [6.45, 7) is 7.96. The van der Waals surface area contributed by atoms with Crippen molar-refractivity contribution in [2.45, 2.75) is 57.7 Å². The molecule has 1 aliphatic heterocycles. The van der Waals surface area contributed by atoms with E-state index in [0.29, 0.717) is 12.1 Å². The van der Waals surface area contributed by atoms with Gasteiger partial charge in [0, 0.05) is 37.4 Å². The maximum Gasteiger partial charge on any atom is 0.274 e. The Kier molecular flexibility index (Phi) is 5.38. The van der Waals surface area contributed by atoms with Gasteiger partial charge in [-0.1, -0.05) is 0 Å². The molecule has 0 aromatic carbocycles. The van der Waals surface area contributed by atoms with Crippen LogP contribution in [0.5, 0.6) is 0 Å². The lowest BCUT2D eigenvalue weighted by Crippen LogP contribution is -2.45. The molecule has 2 aliphatic rings. The van der Waals surface area contributed by atoms with Crippen LogP contribution in [0, 0.1) is 0 Å². The van der Waals surface area contributed by atoms with E-state index in [1.807, 2.05) is 22.9 Å². The predicted molar refractivity (Wildman–Crippen MR) is 93.1 cm³/mol. The van der Waals surface area contributed by atoms with Gasteiger partial charge in [0.2, 0.25) is 0 Å². The lowest BCUT2D eigenvalue weighted by atomic mass is 9.89. The first-order valence-corrected chi connectivity index (χ1v) is 8.94. The average molecular weight is 319 g/mol. The Morgan fingerprint density at radius 1 is 1.13 bits per heavy atom. The zero-order valence-electron chi connectivity index (χ0n) is 14.3. The van der Waals surface area contributed by atoms with Gasteiger partial charge in [-0.15, -0.1) is 0 Å². The van der Waals surface area contributed by atoms with E-state index in [0.717, 1.165) is 44.8 Å². The first kappa shape index (κ1) is 16.5. The molecule has 2 fully saturated rings. The summed E-state index contributed by atoms with van der Waals surface area (Å²) in [5.41, 5.74) is 0.842. The molecule has 23 heavy (non-hydrogen) atoms. The lowest BCUT2D eigenvalue weighted by molar-refractivity contribution is 0.00535. The summed E-state index contributed by atoms with van der Waals surface area (Å²) in [4.78, 5) is 15.2. The van der Waals surface area contributed by atoms with Crippen LogP contribution in [0.2, 0.25) is 0 Å². The van der Waals surface area contributed by atoms with Crippen molar-refractivity contribution in [3.05, 3.63) is 28.7 Å². The van der Waals surface area contributed by atoms with Crippen molar-refractivity contribution in [1.29, 1.82) is 0 Å². The smallest absolute Gasteiger partial charge is 0.274 e. The van der Waals surface area contributed by atoms with Gasteiger partial charge < -0.3 is 14.6 Å².